The van der Waals surface area contributed by atoms with E-state index < -0.39 is 10.0 Å². The first-order valence-corrected chi connectivity index (χ1v) is 7.89. The third kappa shape index (κ3) is 3.34. The van der Waals surface area contributed by atoms with Crippen molar-refractivity contribution in [1.29, 1.82) is 0 Å². The number of aryl methyl sites for hydroxylation is 1. The molecule has 102 valence electrons. The molecule has 2 rings (SSSR count). The Kier molecular flexibility index (Phi) is 4.09. The van der Waals surface area contributed by atoms with Crippen molar-refractivity contribution >= 4 is 10.0 Å². The first-order valence-electron chi connectivity index (χ1n) is 6.41. The molecule has 0 unspecified atom stereocenters. The van der Waals surface area contributed by atoms with Crippen LogP contribution in [0.4, 0.5) is 0 Å². The van der Waals surface area contributed by atoms with Gasteiger partial charge in [-0.25, -0.2) is 13.1 Å². The van der Waals surface area contributed by atoms with E-state index >= 15 is 0 Å². The van der Waals surface area contributed by atoms with Gasteiger partial charge in [-0.2, -0.15) is 0 Å². The van der Waals surface area contributed by atoms with Gasteiger partial charge in [-0.1, -0.05) is 6.92 Å². The number of nitrogens with one attached hydrogen (secondary N) is 2. The molecular formula is C12H21N3O2S. The van der Waals surface area contributed by atoms with Gasteiger partial charge >= 0.3 is 0 Å². The number of hydrogen-bond acceptors (Lipinski definition) is 3. The van der Waals surface area contributed by atoms with Gasteiger partial charge in [0.2, 0.25) is 10.0 Å². The maximum Gasteiger partial charge on any atom is 0.242 e. The second-order valence-corrected chi connectivity index (χ2v) is 6.60. The van der Waals surface area contributed by atoms with E-state index in [9.17, 15) is 8.42 Å². The summed E-state index contributed by atoms with van der Waals surface area (Å²) in [6, 6.07) is 2.37. The number of nitrogens with zero attached hydrogens (tertiary/aromatic N) is 1. The highest BCUT2D eigenvalue weighted by Crippen LogP contribution is 2.20. The summed E-state index contributed by atoms with van der Waals surface area (Å²) in [4.78, 5) is 0.353. The second kappa shape index (κ2) is 5.42. The summed E-state index contributed by atoms with van der Waals surface area (Å²) >= 11 is 0. The molecule has 1 heterocycles. The highest BCUT2D eigenvalue weighted by molar-refractivity contribution is 7.89. The molecule has 1 aliphatic carbocycles. The molecule has 1 aliphatic rings. The third-order valence-corrected chi connectivity index (χ3v) is 4.51. The van der Waals surface area contributed by atoms with Crippen LogP contribution in [0.5, 0.6) is 0 Å². The number of hydrogen-bond donors (Lipinski definition) is 2. The highest BCUT2D eigenvalue weighted by atomic mass is 32.2. The zero-order chi connectivity index (χ0) is 13.2. The van der Waals surface area contributed by atoms with E-state index in [2.05, 4.69) is 10.0 Å². The largest absolute Gasteiger partial charge is 0.352 e. The van der Waals surface area contributed by atoms with E-state index in [1.165, 1.54) is 12.8 Å². The van der Waals surface area contributed by atoms with Gasteiger partial charge in [0, 0.05) is 38.1 Å². The van der Waals surface area contributed by atoms with Gasteiger partial charge in [0.05, 0.1) is 4.90 Å². The predicted molar refractivity (Wildman–Crippen MR) is 70.8 cm³/mol. The van der Waals surface area contributed by atoms with Gasteiger partial charge in [-0.3, -0.25) is 0 Å². The zero-order valence-corrected chi connectivity index (χ0v) is 11.8. The Morgan fingerprint density at radius 2 is 2.17 bits per heavy atom. The monoisotopic (exact) mass is 271 g/mol. The molecule has 0 aromatic carbocycles. The van der Waals surface area contributed by atoms with Crippen LogP contribution in [0.15, 0.2) is 17.2 Å². The number of rotatable bonds is 7. The molecule has 2 N–H and O–H groups in total. The van der Waals surface area contributed by atoms with Crippen molar-refractivity contribution in [2.45, 2.75) is 43.7 Å². The summed E-state index contributed by atoms with van der Waals surface area (Å²) in [5.41, 5.74) is 0.999. The SMILES string of the molecule is CCCNS(=O)(=O)c1cc(CNC2CC2)n(C)c1. The molecular weight excluding hydrogens is 250 g/mol. The molecule has 6 heteroatoms. The van der Waals surface area contributed by atoms with Gasteiger partial charge in [0.15, 0.2) is 0 Å². The molecule has 18 heavy (non-hydrogen) atoms. The maximum absolute atomic E-state index is 12.0. The van der Waals surface area contributed by atoms with Crippen LogP contribution in [0.3, 0.4) is 0 Å². The Bertz CT molecular complexity index is 503. The Hall–Kier alpha value is -0.850. The summed E-state index contributed by atoms with van der Waals surface area (Å²) in [5.74, 6) is 0. The first kappa shape index (κ1) is 13.6. The van der Waals surface area contributed by atoms with Crippen LogP contribution in [0.1, 0.15) is 31.9 Å². The Labute approximate surface area is 109 Å². The summed E-state index contributed by atoms with van der Waals surface area (Å²) < 4.78 is 28.4. The first-order chi connectivity index (χ1) is 8.53. The standard InChI is InChI=1S/C12H21N3O2S/c1-3-6-14-18(16,17)12-7-11(15(2)9-12)8-13-10-4-5-10/h7,9-10,13-14H,3-6,8H2,1-2H3. The van der Waals surface area contributed by atoms with E-state index in [-0.39, 0.29) is 0 Å². The molecule has 1 aromatic rings. The minimum absolute atomic E-state index is 0.353. The average molecular weight is 271 g/mol. The molecule has 1 saturated carbocycles. The fraction of sp³-hybridized carbons (Fsp3) is 0.667. The predicted octanol–water partition coefficient (Wildman–Crippen LogP) is 0.965. The van der Waals surface area contributed by atoms with E-state index in [1.54, 1.807) is 12.3 Å². The smallest absolute Gasteiger partial charge is 0.242 e. The molecule has 1 aromatic heterocycles. The lowest BCUT2D eigenvalue weighted by Gasteiger charge is -2.03. The zero-order valence-electron chi connectivity index (χ0n) is 10.9. The molecule has 0 radical (unpaired) electrons. The molecule has 0 bridgehead atoms. The van der Waals surface area contributed by atoms with Crippen molar-refractivity contribution in [2.75, 3.05) is 6.54 Å². The molecule has 5 nitrogen and oxygen atoms in total. The van der Waals surface area contributed by atoms with E-state index in [0.29, 0.717) is 17.5 Å². The van der Waals surface area contributed by atoms with E-state index in [0.717, 1.165) is 18.7 Å². The van der Waals surface area contributed by atoms with Gasteiger partial charge in [0.1, 0.15) is 0 Å². The van der Waals surface area contributed by atoms with Crippen molar-refractivity contribution in [3.8, 4) is 0 Å². The summed E-state index contributed by atoms with van der Waals surface area (Å²) in [6.45, 7) is 3.15. The van der Waals surface area contributed by atoms with Crippen LogP contribution >= 0.6 is 0 Å². The average Bonchev–Trinajstić information content (AvgIpc) is 3.07. The van der Waals surface area contributed by atoms with Gasteiger partial charge in [-0.05, 0) is 25.3 Å². The van der Waals surface area contributed by atoms with Crippen LogP contribution in [0.25, 0.3) is 0 Å². The van der Waals surface area contributed by atoms with Crippen molar-refractivity contribution in [3.63, 3.8) is 0 Å². The van der Waals surface area contributed by atoms with Crippen LogP contribution in [-0.4, -0.2) is 25.6 Å². The summed E-state index contributed by atoms with van der Waals surface area (Å²) in [6.07, 6.45) is 4.92. The van der Waals surface area contributed by atoms with Crippen LogP contribution in [0.2, 0.25) is 0 Å². The highest BCUT2D eigenvalue weighted by Gasteiger charge is 2.21. The van der Waals surface area contributed by atoms with E-state index in [1.807, 2.05) is 18.5 Å². The van der Waals surface area contributed by atoms with Gasteiger partial charge in [0.25, 0.3) is 0 Å². The normalized spacial score (nSPS) is 16.1. The second-order valence-electron chi connectivity index (χ2n) is 4.83. The minimum atomic E-state index is -3.35. The van der Waals surface area contributed by atoms with Crippen LogP contribution < -0.4 is 10.0 Å². The molecule has 0 spiro atoms. The van der Waals surface area contributed by atoms with Crippen LogP contribution in [0, 0.1) is 0 Å². The maximum atomic E-state index is 12.0. The molecule has 1 fully saturated rings. The Morgan fingerprint density at radius 1 is 1.44 bits per heavy atom. The van der Waals surface area contributed by atoms with Gasteiger partial charge in [-0.15, -0.1) is 0 Å². The minimum Gasteiger partial charge on any atom is -0.352 e. The molecule has 0 amide bonds. The summed E-state index contributed by atoms with van der Waals surface area (Å²) in [5, 5.41) is 3.39. The Morgan fingerprint density at radius 3 is 2.78 bits per heavy atom. The van der Waals surface area contributed by atoms with Crippen molar-refractivity contribution in [1.82, 2.24) is 14.6 Å². The van der Waals surface area contributed by atoms with Gasteiger partial charge < -0.3 is 9.88 Å². The lowest BCUT2D eigenvalue weighted by Crippen LogP contribution is -2.24. The molecule has 0 saturated heterocycles. The third-order valence-electron chi connectivity index (χ3n) is 3.08. The van der Waals surface area contributed by atoms with Crippen molar-refractivity contribution in [2.24, 2.45) is 7.05 Å². The molecule has 0 atom stereocenters. The van der Waals surface area contributed by atoms with Crippen molar-refractivity contribution < 1.29 is 8.42 Å². The number of aromatic nitrogens is 1. The Balaban J connectivity index is 2.06. The topological polar surface area (TPSA) is 63.1 Å². The quantitative estimate of drug-likeness (QED) is 0.776. The van der Waals surface area contributed by atoms with Crippen molar-refractivity contribution in [3.05, 3.63) is 18.0 Å². The van der Waals surface area contributed by atoms with E-state index in [4.69, 9.17) is 0 Å². The lowest BCUT2D eigenvalue weighted by atomic mass is 10.4. The summed E-state index contributed by atoms with van der Waals surface area (Å²) in [7, 11) is -1.47. The fourth-order valence-electron chi connectivity index (χ4n) is 1.76. The fourth-order valence-corrected chi connectivity index (χ4v) is 2.98. The number of sulfonamides is 1. The lowest BCUT2D eigenvalue weighted by molar-refractivity contribution is 0.580. The van der Waals surface area contributed by atoms with Crippen LogP contribution in [-0.2, 0) is 23.6 Å². The molecule has 0 aliphatic heterocycles.